The van der Waals surface area contributed by atoms with E-state index in [9.17, 15) is 4.79 Å². The van der Waals surface area contributed by atoms with Gasteiger partial charge in [0.05, 0.1) is 13.2 Å². The Morgan fingerprint density at radius 2 is 1.89 bits per heavy atom. The van der Waals surface area contributed by atoms with Gasteiger partial charge in [-0.3, -0.25) is 0 Å². The molecule has 0 radical (unpaired) electrons. The van der Waals surface area contributed by atoms with E-state index in [0.29, 0.717) is 13.2 Å². The van der Waals surface area contributed by atoms with Gasteiger partial charge >= 0.3 is 6.09 Å². The minimum absolute atomic E-state index is 0.173. The van der Waals surface area contributed by atoms with Crippen LogP contribution in [0.1, 0.15) is 70.3 Å². The van der Waals surface area contributed by atoms with Crippen molar-refractivity contribution in [3.63, 3.8) is 0 Å². The number of ether oxygens (including phenoxy) is 2. The third-order valence-electron chi connectivity index (χ3n) is 6.11. The molecule has 150 valence electrons. The summed E-state index contributed by atoms with van der Waals surface area (Å²) in [6, 6.07) is 8.72. The fraction of sp³-hybridized carbons (Fsp3) is 0.696. The first-order valence-electron chi connectivity index (χ1n) is 10.9. The molecule has 1 saturated heterocycles. The Bertz CT molecular complexity index is 583. The summed E-state index contributed by atoms with van der Waals surface area (Å²) in [5.41, 5.74) is 1.33. The lowest BCUT2D eigenvalue weighted by Gasteiger charge is -2.24. The van der Waals surface area contributed by atoms with Gasteiger partial charge in [0.2, 0.25) is 0 Å². The summed E-state index contributed by atoms with van der Waals surface area (Å²) in [7, 11) is 0. The number of carbonyl (C=O) groups is 1. The Morgan fingerprint density at radius 3 is 2.70 bits per heavy atom. The summed E-state index contributed by atoms with van der Waals surface area (Å²) in [6.45, 7) is 3.76. The van der Waals surface area contributed by atoms with Crippen molar-refractivity contribution in [1.82, 2.24) is 4.90 Å². The van der Waals surface area contributed by atoms with Crippen LogP contribution in [0.5, 0.6) is 5.75 Å². The van der Waals surface area contributed by atoms with Crippen molar-refractivity contribution in [2.45, 2.75) is 77.2 Å². The molecule has 0 unspecified atom stereocenters. The SMILES string of the molecule is CCOC(=O)N1CCC[C@H]1CCOc1ccccc1CCC1CCCCC1. The van der Waals surface area contributed by atoms with Crippen molar-refractivity contribution in [2.24, 2.45) is 5.92 Å². The van der Waals surface area contributed by atoms with Crippen LogP contribution >= 0.6 is 0 Å². The van der Waals surface area contributed by atoms with Crippen molar-refractivity contribution in [3.05, 3.63) is 29.8 Å². The van der Waals surface area contributed by atoms with Gasteiger partial charge in [-0.05, 0) is 50.2 Å². The molecule has 1 aliphatic heterocycles. The number of amides is 1. The van der Waals surface area contributed by atoms with E-state index in [0.717, 1.165) is 43.9 Å². The molecule has 1 atom stereocenters. The van der Waals surface area contributed by atoms with Crippen LogP contribution < -0.4 is 4.74 Å². The molecule has 0 aromatic heterocycles. The average molecular weight is 374 g/mol. The molecule has 0 N–H and O–H groups in total. The number of rotatable bonds is 8. The predicted octanol–water partition coefficient (Wildman–Crippen LogP) is 5.59. The number of nitrogens with zero attached hydrogens (tertiary/aromatic N) is 1. The van der Waals surface area contributed by atoms with Crippen molar-refractivity contribution in [2.75, 3.05) is 19.8 Å². The van der Waals surface area contributed by atoms with Crippen molar-refractivity contribution >= 4 is 6.09 Å². The summed E-state index contributed by atoms with van der Waals surface area (Å²) >= 11 is 0. The van der Waals surface area contributed by atoms with Gasteiger partial charge in [0.25, 0.3) is 0 Å². The normalized spacial score (nSPS) is 20.6. The van der Waals surface area contributed by atoms with Crippen LogP contribution in [0.3, 0.4) is 0 Å². The minimum atomic E-state index is -0.173. The topological polar surface area (TPSA) is 38.8 Å². The largest absolute Gasteiger partial charge is 0.493 e. The number of carbonyl (C=O) groups excluding carboxylic acids is 1. The van der Waals surface area contributed by atoms with E-state index >= 15 is 0 Å². The molecule has 2 aliphatic rings. The summed E-state index contributed by atoms with van der Waals surface area (Å²) < 4.78 is 11.3. The Kier molecular flexibility index (Phi) is 7.85. The summed E-state index contributed by atoms with van der Waals surface area (Å²) in [6.07, 6.45) is 12.2. The molecular formula is C23H35NO3. The maximum Gasteiger partial charge on any atom is 0.409 e. The summed E-state index contributed by atoms with van der Waals surface area (Å²) in [4.78, 5) is 13.9. The molecule has 1 aliphatic carbocycles. The number of hydrogen-bond acceptors (Lipinski definition) is 3. The number of likely N-dealkylation sites (tertiary alicyclic amines) is 1. The molecule has 1 amide bonds. The van der Waals surface area contributed by atoms with Gasteiger partial charge in [-0.2, -0.15) is 0 Å². The lowest BCUT2D eigenvalue weighted by atomic mass is 9.85. The highest BCUT2D eigenvalue weighted by atomic mass is 16.6. The third kappa shape index (κ3) is 5.88. The van der Waals surface area contributed by atoms with E-state index in [1.165, 1.54) is 44.1 Å². The van der Waals surface area contributed by atoms with Crippen LogP contribution in [0, 0.1) is 5.92 Å². The Labute approximate surface area is 164 Å². The molecule has 2 fully saturated rings. The maximum absolute atomic E-state index is 12.0. The van der Waals surface area contributed by atoms with Gasteiger partial charge in [-0.25, -0.2) is 4.79 Å². The van der Waals surface area contributed by atoms with Gasteiger partial charge in [0, 0.05) is 19.0 Å². The van der Waals surface area contributed by atoms with E-state index in [1.807, 2.05) is 11.8 Å². The van der Waals surface area contributed by atoms with Gasteiger partial charge in [-0.1, -0.05) is 50.3 Å². The van der Waals surface area contributed by atoms with E-state index in [4.69, 9.17) is 9.47 Å². The fourth-order valence-electron chi connectivity index (χ4n) is 4.57. The van der Waals surface area contributed by atoms with E-state index in [2.05, 4.69) is 24.3 Å². The highest BCUT2D eigenvalue weighted by Crippen LogP contribution is 2.29. The zero-order valence-electron chi connectivity index (χ0n) is 16.8. The quantitative estimate of drug-likeness (QED) is 0.596. The number of aryl methyl sites for hydroxylation is 1. The highest BCUT2D eigenvalue weighted by molar-refractivity contribution is 5.68. The predicted molar refractivity (Wildman–Crippen MR) is 108 cm³/mol. The van der Waals surface area contributed by atoms with Crippen molar-refractivity contribution < 1.29 is 14.3 Å². The van der Waals surface area contributed by atoms with Gasteiger partial charge in [0.15, 0.2) is 0 Å². The smallest absolute Gasteiger partial charge is 0.409 e. The van der Waals surface area contributed by atoms with Gasteiger partial charge in [-0.15, -0.1) is 0 Å². The maximum atomic E-state index is 12.0. The van der Waals surface area contributed by atoms with Gasteiger partial charge in [0.1, 0.15) is 5.75 Å². The van der Waals surface area contributed by atoms with Gasteiger partial charge < -0.3 is 14.4 Å². The van der Waals surface area contributed by atoms with E-state index in [-0.39, 0.29) is 12.1 Å². The second kappa shape index (κ2) is 10.6. The zero-order chi connectivity index (χ0) is 18.9. The van der Waals surface area contributed by atoms with Crippen LogP contribution in [0.25, 0.3) is 0 Å². The molecule has 0 spiro atoms. The van der Waals surface area contributed by atoms with Crippen LogP contribution in [0.15, 0.2) is 24.3 Å². The van der Waals surface area contributed by atoms with Crippen molar-refractivity contribution in [1.29, 1.82) is 0 Å². The first kappa shape index (κ1) is 20.0. The lowest BCUT2D eigenvalue weighted by molar-refractivity contribution is 0.0983. The average Bonchev–Trinajstić information content (AvgIpc) is 3.17. The monoisotopic (exact) mass is 373 g/mol. The first-order valence-corrected chi connectivity index (χ1v) is 10.9. The second-order valence-corrected chi connectivity index (χ2v) is 7.98. The molecule has 0 bridgehead atoms. The summed E-state index contributed by atoms with van der Waals surface area (Å²) in [5.74, 6) is 1.91. The molecule has 4 nitrogen and oxygen atoms in total. The molecule has 27 heavy (non-hydrogen) atoms. The molecule has 1 heterocycles. The van der Waals surface area contributed by atoms with Crippen molar-refractivity contribution in [3.8, 4) is 5.75 Å². The summed E-state index contributed by atoms with van der Waals surface area (Å²) in [5, 5.41) is 0. The molecule has 4 heteroatoms. The molecule has 3 rings (SSSR count). The fourth-order valence-corrected chi connectivity index (χ4v) is 4.57. The Hall–Kier alpha value is -1.71. The molecular weight excluding hydrogens is 338 g/mol. The minimum Gasteiger partial charge on any atom is -0.493 e. The number of benzene rings is 1. The van der Waals surface area contributed by atoms with Crippen LogP contribution in [0.4, 0.5) is 4.79 Å². The van der Waals surface area contributed by atoms with Crippen LogP contribution in [-0.4, -0.2) is 36.8 Å². The van der Waals surface area contributed by atoms with E-state index < -0.39 is 0 Å². The van der Waals surface area contributed by atoms with Crippen LogP contribution in [-0.2, 0) is 11.2 Å². The Balaban J connectivity index is 1.47. The molecule has 1 aromatic rings. The highest BCUT2D eigenvalue weighted by Gasteiger charge is 2.29. The third-order valence-corrected chi connectivity index (χ3v) is 6.11. The first-order chi connectivity index (χ1) is 13.3. The number of hydrogen-bond donors (Lipinski definition) is 0. The number of para-hydroxylation sites is 1. The second-order valence-electron chi connectivity index (χ2n) is 7.98. The molecule has 1 aromatic carbocycles. The van der Waals surface area contributed by atoms with Crippen LogP contribution in [0.2, 0.25) is 0 Å². The van der Waals surface area contributed by atoms with E-state index in [1.54, 1.807) is 0 Å². The molecule has 1 saturated carbocycles. The zero-order valence-corrected chi connectivity index (χ0v) is 16.8. The standard InChI is InChI=1S/C23H35NO3/c1-2-26-23(25)24-17-8-12-21(24)16-18-27-22-13-7-6-11-20(22)15-14-19-9-4-3-5-10-19/h6-7,11,13,19,21H,2-5,8-10,12,14-18H2,1H3/t21-/m0/s1. The lowest BCUT2D eigenvalue weighted by Crippen LogP contribution is -2.36. The Morgan fingerprint density at radius 1 is 1.07 bits per heavy atom.